The molecule has 1 N–H and O–H groups in total. The zero-order valence-electron chi connectivity index (χ0n) is 8.53. The van der Waals surface area contributed by atoms with Gasteiger partial charge in [0.15, 0.2) is 0 Å². The molecule has 0 bridgehead atoms. The number of benzene rings is 1. The van der Waals surface area contributed by atoms with Crippen LogP contribution < -0.4 is 0 Å². The van der Waals surface area contributed by atoms with E-state index in [1.54, 1.807) is 18.2 Å². The molecule has 80 valence electrons. The van der Waals surface area contributed by atoms with Crippen LogP contribution in [-0.2, 0) is 10.2 Å². The number of hydrogen-bond acceptors (Lipinski definition) is 1. The molecule has 2 atom stereocenters. The van der Waals surface area contributed by atoms with Crippen LogP contribution in [0.15, 0.2) is 24.3 Å². The van der Waals surface area contributed by atoms with E-state index >= 15 is 0 Å². The summed E-state index contributed by atoms with van der Waals surface area (Å²) in [5.41, 5.74) is 0.0943. The van der Waals surface area contributed by atoms with Crippen molar-refractivity contribution in [3.8, 4) is 0 Å². The number of carboxylic acids is 1. The van der Waals surface area contributed by atoms with Gasteiger partial charge in [-0.25, -0.2) is 4.39 Å². The smallest absolute Gasteiger partial charge is 0.307 e. The van der Waals surface area contributed by atoms with Gasteiger partial charge >= 0.3 is 5.97 Å². The third-order valence-corrected chi connectivity index (χ3v) is 3.41. The van der Waals surface area contributed by atoms with Gasteiger partial charge in [0.05, 0.1) is 5.92 Å². The number of rotatable bonds is 3. The average Bonchev–Trinajstić information content (AvgIpc) is 2.94. The molecule has 2 unspecified atom stereocenters. The van der Waals surface area contributed by atoms with Crippen molar-refractivity contribution in [2.45, 2.75) is 25.2 Å². The molecule has 0 saturated heterocycles. The fourth-order valence-corrected chi connectivity index (χ4v) is 2.37. The Bertz CT molecular complexity index is 402. The van der Waals surface area contributed by atoms with Crippen molar-refractivity contribution in [2.24, 2.45) is 5.92 Å². The van der Waals surface area contributed by atoms with Crippen molar-refractivity contribution in [2.75, 3.05) is 0 Å². The molecule has 1 saturated carbocycles. The van der Waals surface area contributed by atoms with Crippen molar-refractivity contribution < 1.29 is 14.3 Å². The number of aliphatic carboxylic acids is 1. The maximum Gasteiger partial charge on any atom is 0.307 e. The SMILES string of the molecule is CCC1(c2ccccc2F)CC1C(=O)O. The van der Waals surface area contributed by atoms with E-state index < -0.39 is 17.3 Å². The second kappa shape index (κ2) is 3.33. The molecule has 2 rings (SSSR count). The van der Waals surface area contributed by atoms with Crippen LogP contribution in [0.4, 0.5) is 4.39 Å². The highest BCUT2D eigenvalue weighted by Crippen LogP contribution is 2.57. The standard InChI is InChI=1S/C12H13FO2/c1-2-12(7-9(12)11(14)15)8-5-3-4-6-10(8)13/h3-6,9H,2,7H2,1H3,(H,14,15). The van der Waals surface area contributed by atoms with Crippen LogP contribution in [0.3, 0.4) is 0 Å². The molecule has 3 heteroatoms. The van der Waals surface area contributed by atoms with E-state index in [0.29, 0.717) is 18.4 Å². The largest absolute Gasteiger partial charge is 0.481 e. The quantitative estimate of drug-likeness (QED) is 0.828. The molecular formula is C12H13FO2. The predicted octanol–water partition coefficient (Wildman–Crippen LogP) is 2.58. The molecule has 15 heavy (non-hydrogen) atoms. The summed E-state index contributed by atoms with van der Waals surface area (Å²) >= 11 is 0. The Morgan fingerprint density at radius 3 is 2.73 bits per heavy atom. The van der Waals surface area contributed by atoms with Crippen molar-refractivity contribution >= 4 is 5.97 Å². The normalized spacial score (nSPS) is 28.8. The Morgan fingerprint density at radius 2 is 2.27 bits per heavy atom. The summed E-state index contributed by atoms with van der Waals surface area (Å²) in [6.07, 6.45) is 1.23. The zero-order valence-corrected chi connectivity index (χ0v) is 8.53. The summed E-state index contributed by atoms with van der Waals surface area (Å²) in [6, 6.07) is 6.47. The third kappa shape index (κ3) is 1.42. The second-order valence-electron chi connectivity index (χ2n) is 4.08. The summed E-state index contributed by atoms with van der Waals surface area (Å²) in [5, 5.41) is 8.95. The Hall–Kier alpha value is -1.38. The first-order valence-electron chi connectivity index (χ1n) is 5.09. The Balaban J connectivity index is 2.38. The molecule has 1 aliphatic rings. The van der Waals surface area contributed by atoms with Crippen molar-refractivity contribution in [3.05, 3.63) is 35.6 Å². The first-order valence-corrected chi connectivity index (χ1v) is 5.09. The van der Waals surface area contributed by atoms with Gasteiger partial charge in [0.1, 0.15) is 5.82 Å². The molecule has 1 aromatic rings. The molecular weight excluding hydrogens is 195 g/mol. The Kier molecular flexibility index (Phi) is 2.25. The van der Waals surface area contributed by atoms with Crippen LogP contribution in [0.5, 0.6) is 0 Å². The van der Waals surface area contributed by atoms with Crippen molar-refractivity contribution in [1.82, 2.24) is 0 Å². The number of carbonyl (C=O) groups is 1. The lowest BCUT2D eigenvalue weighted by Crippen LogP contribution is -2.15. The molecule has 1 aromatic carbocycles. The minimum absolute atomic E-state index is 0.289. The summed E-state index contributed by atoms with van der Waals surface area (Å²) in [4.78, 5) is 10.9. The lowest BCUT2D eigenvalue weighted by Gasteiger charge is -2.14. The number of carboxylic acid groups (broad SMARTS) is 1. The fourth-order valence-electron chi connectivity index (χ4n) is 2.37. The lowest BCUT2D eigenvalue weighted by atomic mass is 9.90. The van der Waals surface area contributed by atoms with Gasteiger partial charge in [-0.15, -0.1) is 0 Å². The molecule has 0 radical (unpaired) electrons. The number of halogens is 1. The van der Waals surface area contributed by atoms with Gasteiger partial charge in [-0.1, -0.05) is 25.1 Å². The van der Waals surface area contributed by atoms with Gasteiger partial charge in [-0.2, -0.15) is 0 Å². The summed E-state index contributed by atoms with van der Waals surface area (Å²) < 4.78 is 13.6. The fraction of sp³-hybridized carbons (Fsp3) is 0.417. The number of hydrogen-bond donors (Lipinski definition) is 1. The van der Waals surface area contributed by atoms with E-state index in [9.17, 15) is 9.18 Å². The summed E-state index contributed by atoms with van der Waals surface area (Å²) in [6.45, 7) is 1.91. The molecule has 1 fully saturated rings. The molecule has 2 nitrogen and oxygen atoms in total. The monoisotopic (exact) mass is 208 g/mol. The van der Waals surface area contributed by atoms with Gasteiger partial charge in [0.2, 0.25) is 0 Å². The highest BCUT2D eigenvalue weighted by atomic mass is 19.1. The second-order valence-corrected chi connectivity index (χ2v) is 4.08. The van der Waals surface area contributed by atoms with Gasteiger partial charge in [-0.3, -0.25) is 4.79 Å². The predicted molar refractivity (Wildman–Crippen MR) is 54.1 cm³/mol. The molecule has 0 amide bonds. The third-order valence-electron chi connectivity index (χ3n) is 3.41. The van der Waals surface area contributed by atoms with E-state index in [4.69, 9.17) is 5.11 Å². The Morgan fingerprint density at radius 1 is 1.60 bits per heavy atom. The van der Waals surface area contributed by atoms with Crippen LogP contribution in [0.25, 0.3) is 0 Å². The van der Waals surface area contributed by atoms with E-state index in [2.05, 4.69) is 0 Å². The highest BCUT2D eigenvalue weighted by Gasteiger charge is 2.59. The molecule has 0 spiro atoms. The van der Waals surface area contributed by atoms with Crippen molar-refractivity contribution in [3.63, 3.8) is 0 Å². The highest BCUT2D eigenvalue weighted by molar-refractivity contribution is 5.77. The maximum absolute atomic E-state index is 13.6. The van der Waals surface area contributed by atoms with Crippen LogP contribution in [-0.4, -0.2) is 11.1 Å². The van der Waals surface area contributed by atoms with Crippen molar-refractivity contribution in [1.29, 1.82) is 0 Å². The van der Waals surface area contributed by atoms with Gasteiger partial charge in [0, 0.05) is 5.41 Å². The molecule has 0 aromatic heterocycles. The lowest BCUT2D eigenvalue weighted by molar-refractivity contribution is -0.139. The van der Waals surface area contributed by atoms with E-state index in [0.717, 1.165) is 0 Å². The van der Waals surface area contributed by atoms with Gasteiger partial charge < -0.3 is 5.11 Å². The van der Waals surface area contributed by atoms with E-state index in [-0.39, 0.29) is 5.82 Å². The average molecular weight is 208 g/mol. The summed E-state index contributed by atoms with van der Waals surface area (Å²) in [5.74, 6) is -1.53. The van der Waals surface area contributed by atoms with Crippen LogP contribution in [0.1, 0.15) is 25.3 Å². The zero-order chi connectivity index (χ0) is 11.1. The van der Waals surface area contributed by atoms with E-state index in [1.165, 1.54) is 6.07 Å². The first-order chi connectivity index (χ1) is 7.12. The van der Waals surface area contributed by atoms with Crippen LogP contribution in [0.2, 0.25) is 0 Å². The van der Waals surface area contributed by atoms with Crippen LogP contribution in [0, 0.1) is 11.7 Å². The van der Waals surface area contributed by atoms with E-state index in [1.807, 2.05) is 6.92 Å². The minimum atomic E-state index is -0.819. The van der Waals surface area contributed by atoms with Gasteiger partial charge in [-0.05, 0) is 24.5 Å². The minimum Gasteiger partial charge on any atom is -0.481 e. The topological polar surface area (TPSA) is 37.3 Å². The Labute approximate surface area is 87.7 Å². The van der Waals surface area contributed by atoms with Gasteiger partial charge in [0.25, 0.3) is 0 Å². The maximum atomic E-state index is 13.6. The molecule has 1 aliphatic carbocycles. The molecule has 0 aliphatic heterocycles. The molecule has 0 heterocycles. The summed E-state index contributed by atoms with van der Waals surface area (Å²) in [7, 11) is 0. The van der Waals surface area contributed by atoms with Crippen LogP contribution >= 0.6 is 0 Å². The first kappa shape index (κ1) is 10.1.